The maximum atomic E-state index is 14.1. The van der Waals surface area contributed by atoms with Gasteiger partial charge < -0.3 is 10.0 Å². The fourth-order valence-corrected chi connectivity index (χ4v) is 3.39. The first kappa shape index (κ1) is 13.2. The van der Waals surface area contributed by atoms with Crippen molar-refractivity contribution in [2.24, 2.45) is 0 Å². The molecule has 1 aromatic carbocycles. The van der Waals surface area contributed by atoms with E-state index in [1.807, 2.05) is 11.0 Å². The van der Waals surface area contributed by atoms with E-state index in [9.17, 15) is 14.3 Å². The molecule has 106 valence electrons. The van der Waals surface area contributed by atoms with E-state index in [1.54, 1.807) is 6.07 Å². The minimum absolute atomic E-state index is 0.114. The number of aromatic hydroxyl groups is 1. The summed E-state index contributed by atoms with van der Waals surface area (Å²) in [7, 11) is 0. The summed E-state index contributed by atoms with van der Waals surface area (Å²) in [5, 5.41) is 9.67. The third-order valence-corrected chi connectivity index (χ3v) is 4.42. The Balaban J connectivity index is 1.98. The highest BCUT2D eigenvalue weighted by atomic mass is 32.1. The van der Waals surface area contributed by atoms with Crippen LogP contribution in [0.1, 0.15) is 23.3 Å². The van der Waals surface area contributed by atoms with Gasteiger partial charge in [0.25, 0.3) is 0 Å². The van der Waals surface area contributed by atoms with E-state index in [0.717, 1.165) is 42.8 Å². The minimum Gasteiger partial charge on any atom is -0.494 e. The van der Waals surface area contributed by atoms with Crippen molar-refractivity contribution in [3.05, 3.63) is 44.1 Å². The average Bonchev–Trinajstić information content (AvgIpc) is 3.00. The molecule has 2 aromatic rings. The molecule has 1 aliphatic heterocycles. The number of thiazole rings is 1. The Kier molecular flexibility index (Phi) is 3.48. The van der Waals surface area contributed by atoms with Gasteiger partial charge in [0.2, 0.25) is 5.88 Å². The van der Waals surface area contributed by atoms with E-state index in [4.69, 9.17) is 0 Å². The lowest BCUT2D eigenvalue weighted by Crippen LogP contribution is -2.20. The lowest BCUT2D eigenvalue weighted by atomic mass is 10.1. The second-order valence-electron chi connectivity index (χ2n) is 4.90. The molecule has 0 saturated carbocycles. The maximum Gasteiger partial charge on any atom is 0.307 e. The van der Waals surface area contributed by atoms with Crippen molar-refractivity contribution in [2.45, 2.75) is 19.3 Å². The standard InChI is InChI=1S/C14H15FN2O2S/c15-10-5-3-4-9(12(10)17-6-1-2-7-17)8-11-13(18)16-14(19)20-11/h3-5,18H,1-2,6-8H2,(H,16,19). The van der Waals surface area contributed by atoms with E-state index in [0.29, 0.717) is 17.0 Å². The predicted molar refractivity (Wildman–Crippen MR) is 77.3 cm³/mol. The van der Waals surface area contributed by atoms with E-state index >= 15 is 0 Å². The molecule has 0 amide bonds. The third kappa shape index (κ3) is 2.43. The topological polar surface area (TPSA) is 56.3 Å². The monoisotopic (exact) mass is 294 g/mol. The maximum absolute atomic E-state index is 14.1. The number of hydrogen-bond acceptors (Lipinski definition) is 4. The number of benzene rings is 1. The first-order valence-electron chi connectivity index (χ1n) is 6.58. The summed E-state index contributed by atoms with van der Waals surface area (Å²) < 4.78 is 14.1. The number of H-pyrrole nitrogens is 1. The number of nitrogens with one attached hydrogen (secondary N) is 1. The van der Waals surface area contributed by atoms with Crippen LogP contribution in [0.15, 0.2) is 23.0 Å². The van der Waals surface area contributed by atoms with E-state index < -0.39 is 0 Å². The van der Waals surface area contributed by atoms with Gasteiger partial charge in [0.15, 0.2) is 0 Å². The molecule has 4 nitrogen and oxygen atoms in total. The Morgan fingerprint density at radius 1 is 1.35 bits per heavy atom. The van der Waals surface area contributed by atoms with Gasteiger partial charge in [-0.2, -0.15) is 0 Å². The van der Waals surface area contributed by atoms with Crippen molar-refractivity contribution in [1.29, 1.82) is 0 Å². The highest BCUT2D eigenvalue weighted by Crippen LogP contribution is 2.31. The molecule has 0 radical (unpaired) electrons. The van der Waals surface area contributed by atoms with E-state index in [-0.39, 0.29) is 16.6 Å². The van der Waals surface area contributed by atoms with Crippen LogP contribution in [0.3, 0.4) is 0 Å². The highest BCUT2D eigenvalue weighted by Gasteiger charge is 2.20. The lowest BCUT2D eigenvalue weighted by Gasteiger charge is -2.21. The van der Waals surface area contributed by atoms with Crippen LogP contribution in [-0.2, 0) is 6.42 Å². The van der Waals surface area contributed by atoms with Gasteiger partial charge in [0.1, 0.15) is 5.82 Å². The van der Waals surface area contributed by atoms with Crippen LogP contribution < -0.4 is 9.77 Å². The number of anilines is 1. The Morgan fingerprint density at radius 3 is 2.75 bits per heavy atom. The van der Waals surface area contributed by atoms with Gasteiger partial charge in [-0.1, -0.05) is 23.5 Å². The van der Waals surface area contributed by atoms with Crippen molar-refractivity contribution in [2.75, 3.05) is 18.0 Å². The highest BCUT2D eigenvalue weighted by molar-refractivity contribution is 7.09. The minimum atomic E-state index is -0.295. The molecule has 2 heterocycles. The largest absolute Gasteiger partial charge is 0.494 e. The number of halogens is 1. The Hall–Kier alpha value is -1.82. The Morgan fingerprint density at radius 2 is 2.10 bits per heavy atom. The summed E-state index contributed by atoms with van der Waals surface area (Å²) in [4.78, 5) is 15.9. The summed E-state index contributed by atoms with van der Waals surface area (Å²) in [5.41, 5.74) is 1.41. The number of para-hydroxylation sites is 1. The fourth-order valence-electron chi connectivity index (χ4n) is 2.64. The van der Waals surface area contributed by atoms with Gasteiger partial charge in [-0.05, 0) is 24.5 Å². The van der Waals surface area contributed by atoms with Crippen LogP contribution in [0.2, 0.25) is 0 Å². The molecule has 1 aliphatic rings. The molecule has 0 bridgehead atoms. The Bertz CT molecular complexity index is 674. The molecule has 2 N–H and O–H groups in total. The number of hydrogen-bond donors (Lipinski definition) is 2. The summed E-state index contributed by atoms with van der Waals surface area (Å²) in [6.07, 6.45) is 2.49. The molecular formula is C14H15FN2O2S. The first-order valence-corrected chi connectivity index (χ1v) is 7.40. The van der Waals surface area contributed by atoms with Crippen LogP contribution >= 0.6 is 11.3 Å². The van der Waals surface area contributed by atoms with Crippen molar-refractivity contribution < 1.29 is 9.50 Å². The zero-order chi connectivity index (χ0) is 14.1. The zero-order valence-electron chi connectivity index (χ0n) is 10.9. The molecule has 1 aromatic heterocycles. The second-order valence-corrected chi connectivity index (χ2v) is 5.97. The van der Waals surface area contributed by atoms with Crippen molar-refractivity contribution >= 4 is 17.0 Å². The molecular weight excluding hydrogens is 279 g/mol. The van der Waals surface area contributed by atoms with Crippen LogP contribution in [0.4, 0.5) is 10.1 Å². The van der Waals surface area contributed by atoms with Gasteiger partial charge >= 0.3 is 4.87 Å². The first-order chi connectivity index (χ1) is 9.65. The molecule has 6 heteroatoms. The van der Waals surface area contributed by atoms with Crippen molar-refractivity contribution in [1.82, 2.24) is 4.98 Å². The third-order valence-electron chi connectivity index (χ3n) is 3.54. The number of aromatic amines is 1. The molecule has 0 atom stereocenters. The van der Waals surface area contributed by atoms with Crippen molar-refractivity contribution in [3.8, 4) is 5.88 Å². The summed E-state index contributed by atoms with van der Waals surface area (Å²) in [5.74, 6) is -0.358. The van der Waals surface area contributed by atoms with Crippen molar-refractivity contribution in [3.63, 3.8) is 0 Å². The number of rotatable bonds is 3. The molecule has 1 saturated heterocycles. The van der Waals surface area contributed by atoms with Gasteiger partial charge in [0.05, 0.1) is 10.6 Å². The summed E-state index contributed by atoms with van der Waals surface area (Å²) in [6, 6.07) is 4.97. The normalized spacial score (nSPS) is 14.9. The quantitative estimate of drug-likeness (QED) is 0.914. The lowest BCUT2D eigenvalue weighted by molar-refractivity contribution is 0.451. The van der Waals surface area contributed by atoms with Crippen LogP contribution in [0.5, 0.6) is 5.88 Å². The molecule has 1 fully saturated rings. The molecule has 3 rings (SSSR count). The van der Waals surface area contributed by atoms with Gasteiger partial charge in [-0.3, -0.25) is 9.78 Å². The molecule has 0 aliphatic carbocycles. The zero-order valence-corrected chi connectivity index (χ0v) is 11.7. The average molecular weight is 294 g/mol. The fraction of sp³-hybridized carbons (Fsp3) is 0.357. The SMILES string of the molecule is O=c1[nH]c(O)c(Cc2cccc(F)c2N2CCCC2)s1. The van der Waals surface area contributed by atoms with Crippen LogP contribution in [0.25, 0.3) is 0 Å². The molecule has 0 unspecified atom stereocenters. The number of aromatic nitrogens is 1. The van der Waals surface area contributed by atoms with E-state index in [2.05, 4.69) is 4.98 Å². The van der Waals surface area contributed by atoms with Gasteiger partial charge in [-0.15, -0.1) is 0 Å². The smallest absolute Gasteiger partial charge is 0.307 e. The second kappa shape index (κ2) is 5.28. The van der Waals surface area contributed by atoms with Gasteiger partial charge in [0, 0.05) is 19.5 Å². The molecule has 0 spiro atoms. The summed E-state index contributed by atoms with van der Waals surface area (Å²) >= 11 is 0.964. The number of nitrogens with zero attached hydrogens (tertiary/aromatic N) is 1. The Labute approximate surface area is 119 Å². The van der Waals surface area contributed by atoms with Gasteiger partial charge in [-0.25, -0.2) is 4.39 Å². The predicted octanol–water partition coefficient (Wildman–Crippen LogP) is 2.47. The summed E-state index contributed by atoms with van der Waals surface area (Å²) in [6.45, 7) is 1.70. The van der Waals surface area contributed by atoms with Crippen LogP contribution in [0, 0.1) is 5.82 Å². The van der Waals surface area contributed by atoms with Crippen LogP contribution in [-0.4, -0.2) is 23.2 Å². The molecule has 20 heavy (non-hydrogen) atoms. The van der Waals surface area contributed by atoms with E-state index in [1.165, 1.54) is 6.07 Å².